The zero-order chi connectivity index (χ0) is 14.1. The Bertz CT molecular complexity index is 599. The van der Waals surface area contributed by atoms with Crippen molar-refractivity contribution in [3.8, 4) is 5.75 Å². The summed E-state index contributed by atoms with van der Waals surface area (Å²) in [7, 11) is 0. The Morgan fingerprint density at radius 3 is 2.75 bits per heavy atom. The molecule has 1 aromatic carbocycles. The van der Waals surface area contributed by atoms with Crippen molar-refractivity contribution in [2.75, 3.05) is 6.61 Å². The molecular weight excluding hydrogens is 252 g/mol. The molecule has 0 aromatic heterocycles. The van der Waals surface area contributed by atoms with Crippen molar-refractivity contribution in [3.05, 3.63) is 41.5 Å². The molecule has 0 radical (unpaired) electrons. The van der Waals surface area contributed by atoms with E-state index in [9.17, 15) is 5.11 Å². The third-order valence-electron chi connectivity index (χ3n) is 4.79. The van der Waals surface area contributed by atoms with Gasteiger partial charge in [0, 0.05) is 5.56 Å². The Morgan fingerprint density at radius 2 is 2.05 bits per heavy atom. The highest BCUT2D eigenvalue weighted by atomic mass is 16.6. The number of aliphatic hydroxyl groups is 1. The molecule has 3 aliphatic rings. The molecule has 1 N–H and O–H groups in total. The van der Waals surface area contributed by atoms with Gasteiger partial charge in [-0.3, -0.25) is 0 Å². The van der Waals surface area contributed by atoms with E-state index in [2.05, 4.69) is 45.0 Å². The Kier molecular flexibility index (Phi) is 2.27. The van der Waals surface area contributed by atoms with Gasteiger partial charge < -0.3 is 14.6 Å². The number of rotatable bonds is 1. The van der Waals surface area contributed by atoms with E-state index in [1.165, 1.54) is 11.1 Å². The summed E-state index contributed by atoms with van der Waals surface area (Å²) in [6.07, 6.45) is 4.14. The van der Waals surface area contributed by atoms with Gasteiger partial charge in [-0.05, 0) is 17.1 Å². The van der Waals surface area contributed by atoms with E-state index in [4.69, 9.17) is 9.47 Å². The van der Waals surface area contributed by atoms with Crippen molar-refractivity contribution in [2.45, 2.75) is 49.9 Å². The van der Waals surface area contributed by atoms with Gasteiger partial charge in [0.1, 0.15) is 23.6 Å². The molecule has 106 valence electrons. The van der Waals surface area contributed by atoms with Crippen molar-refractivity contribution in [1.29, 1.82) is 0 Å². The summed E-state index contributed by atoms with van der Waals surface area (Å²) >= 11 is 0. The minimum atomic E-state index is -0.457. The molecule has 0 spiro atoms. The van der Waals surface area contributed by atoms with Crippen molar-refractivity contribution >= 4 is 0 Å². The van der Waals surface area contributed by atoms with Crippen molar-refractivity contribution in [1.82, 2.24) is 0 Å². The van der Waals surface area contributed by atoms with Gasteiger partial charge in [0.05, 0.1) is 12.5 Å². The average Bonchev–Trinajstić information content (AvgIpc) is 3.02. The molecule has 0 amide bonds. The minimum absolute atomic E-state index is 0.0144. The molecule has 0 unspecified atom stereocenters. The smallest absolute Gasteiger partial charge is 0.132 e. The lowest BCUT2D eigenvalue weighted by molar-refractivity contribution is 0.117. The van der Waals surface area contributed by atoms with Crippen LogP contribution in [0, 0.1) is 0 Å². The van der Waals surface area contributed by atoms with Crippen LogP contribution in [0.15, 0.2) is 30.4 Å². The molecule has 0 bridgehead atoms. The van der Waals surface area contributed by atoms with Crippen LogP contribution in [-0.4, -0.2) is 29.5 Å². The van der Waals surface area contributed by atoms with Crippen LogP contribution in [0.1, 0.15) is 37.8 Å². The Morgan fingerprint density at radius 1 is 1.25 bits per heavy atom. The van der Waals surface area contributed by atoms with Crippen molar-refractivity contribution < 1.29 is 14.6 Å². The maximum absolute atomic E-state index is 9.78. The highest BCUT2D eigenvalue weighted by Crippen LogP contribution is 2.59. The molecule has 0 saturated carbocycles. The fraction of sp³-hybridized carbons (Fsp3) is 0.529. The van der Waals surface area contributed by atoms with Gasteiger partial charge in [-0.15, -0.1) is 0 Å². The SMILES string of the molecule is CC(C)(C)c1cccc2c1O[C@@H]1C=C[C@H]3O[C@@]3(CO)[C@H]21. The van der Waals surface area contributed by atoms with E-state index >= 15 is 0 Å². The number of hydrogen-bond acceptors (Lipinski definition) is 3. The Hall–Kier alpha value is -1.32. The molecule has 1 aliphatic carbocycles. The molecular formula is C17H20O3. The van der Waals surface area contributed by atoms with Crippen LogP contribution in [-0.2, 0) is 10.2 Å². The van der Waals surface area contributed by atoms with E-state index in [1.807, 2.05) is 6.08 Å². The maximum atomic E-state index is 9.78. The summed E-state index contributed by atoms with van der Waals surface area (Å²) in [5.41, 5.74) is 1.99. The average molecular weight is 272 g/mol. The van der Waals surface area contributed by atoms with E-state index in [1.54, 1.807) is 0 Å². The second-order valence-electron chi connectivity index (χ2n) is 7.07. The van der Waals surface area contributed by atoms with E-state index < -0.39 is 5.60 Å². The monoisotopic (exact) mass is 272 g/mol. The number of hydrogen-bond donors (Lipinski definition) is 1. The Balaban J connectivity index is 1.87. The fourth-order valence-electron chi connectivity index (χ4n) is 3.69. The summed E-state index contributed by atoms with van der Waals surface area (Å²) in [6, 6.07) is 6.34. The van der Waals surface area contributed by atoms with Gasteiger partial charge in [-0.25, -0.2) is 0 Å². The summed E-state index contributed by atoms with van der Waals surface area (Å²) in [5, 5.41) is 9.78. The standard InChI is InChI=1S/C17H20O3/c1-16(2,3)11-6-4-5-10-14-12(19-15(10)11)7-8-13-17(14,9-18)20-13/h4-8,12-14,18H,9H2,1-3H3/t12-,13-,14-,17-/m1/s1. The van der Waals surface area contributed by atoms with Crippen LogP contribution in [0.4, 0.5) is 0 Å². The van der Waals surface area contributed by atoms with Gasteiger partial charge >= 0.3 is 0 Å². The lowest BCUT2D eigenvalue weighted by atomic mass is 9.76. The second-order valence-corrected chi connectivity index (χ2v) is 7.07. The number of para-hydroxylation sites is 1. The number of benzene rings is 1. The summed E-state index contributed by atoms with van der Waals surface area (Å²) < 4.78 is 12.0. The minimum Gasteiger partial charge on any atom is -0.485 e. The van der Waals surface area contributed by atoms with Gasteiger partial charge in [0.25, 0.3) is 0 Å². The molecule has 1 fully saturated rings. The van der Waals surface area contributed by atoms with Gasteiger partial charge in [0.2, 0.25) is 0 Å². The molecule has 2 heterocycles. The van der Waals surface area contributed by atoms with Gasteiger partial charge in [-0.1, -0.05) is 45.0 Å². The first-order chi connectivity index (χ1) is 9.47. The number of epoxide rings is 1. The summed E-state index contributed by atoms with van der Waals surface area (Å²) in [4.78, 5) is 0. The van der Waals surface area contributed by atoms with Crippen LogP contribution in [0.5, 0.6) is 5.75 Å². The lowest BCUT2D eigenvalue weighted by Gasteiger charge is -2.24. The maximum Gasteiger partial charge on any atom is 0.132 e. The highest BCUT2D eigenvalue weighted by molar-refractivity contribution is 5.54. The summed E-state index contributed by atoms with van der Waals surface area (Å²) in [5.74, 6) is 1.10. The molecule has 3 heteroatoms. The highest BCUT2D eigenvalue weighted by Gasteiger charge is 2.66. The third-order valence-corrected chi connectivity index (χ3v) is 4.79. The quantitative estimate of drug-likeness (QED) is 0.631. The fourth-order valence-corrected chi connectivity index (χ4v) is 3.69. The number of fused-ring (bicyclic) bond motifs is 5. The van der Waals surface area contributed by atoms with Crippen LogP contribution in [0.3, 0.4) is 0 Å². The van der Waals surface area contributed by atoms with Crippen molar-refractivity contribution in [3.63, 3.8) is 0 Å². The molecule has 20 heavy (non-hydrogen) atoms. The van der Waals surface area contributed by atoms with Crippen LogP contribution in [0.2, 0.25) is 0 Å². The van der Waals surface area contributed by atoms with Crippen LogP contribution < -0.4 is 4.74 Å². The van der Waals surface area contributed by atoms with E-state index in [0.717, 1.165) is 5.75 Å². The normalized spacial score (nSPS) is 36.9. The largest absolute Gasteiger partial charge is 0.485 e. The predicted molar refractivity (Wildman–Crippen MR) is 76.1 cm³/mol. The first kappa shape index (κ1) is 12.4. The number of ether oxygens (including phenoxy) is 2. The van der Waals surface area contributed by atoms with E-state index in [0.29, 0.717) is 0 Å². The van der Waals surface area contributed by atoms with Crippen LogP contribution in [0.25, 0.3) is 0 Å². The third kappa shape index (κ3) is 1.42. The van der Waals surface area contributed by atoms with Crippen molar-refractivity contribution in [2.24, 2.45) is 0 Å². The molecule has 2 aliphatic heterocycles. The van der Waals surface area contributed by atoms with Gasteiger partial charge in [0.15, 0.2) is 0 Å². The first-order valence-electron chi connectivity index (χ1n) is 7.24. The zero-order valence-corrected chi connectivity index (χ0v) is 12.1. The second kappa shape index (κ2) is 3.66. The lowest BCUT2D eigenvalue weighted by Crippen LogP contribution is -2.37. The topological polar surface area (TPSA) is 42.0 Å². The van der Waals surface area contributed by atoms with Crippen LogP contribution >= 0.6 is 0 Å². The Labute approximate surface area is 119 Å². The molecule has 1 saturated heterocycles. The molecule has 1 aromatic rings. The molecule has 4 atom stereocenters. The molecule has 3 nitrogen and oxygen atoms in total. The van der Waals surface area contributed by atoms with E-state index in [-0.39, 0.29) is 30.1 Å². The predicted octanol–water partition coefficient (Wildman–Crippen LogP) is 2.53. The van der Waals surface area contributed by atoms with Gasteiger partial charge in [-0.2, -0.15) is 0 Å². The number of aliphatic hydroxyl groups excluding tert-OH is 1. The summed E-state index contributed by atoms with van der Waals surface area (Å²) in [6.45, 7) is 6.64. The molecule has 4 rings (SSSR count). The zero-order valence-electron chi connectivity index (χ0n) is 12.1. The first-order valence-corrected chi connectivity index (χ1v) is 7.24.